The predicted molar refractivity (Wildman–Crippen MR) is 70.2 cm³/mol. The van der Waals surface area contributed by atoms with Gasteiger partial charge in [-0.2, -0.15) is 0 Å². The van der Waals surface area contributed by atoms with Gasteiger partial charge in [0.2, 0.25) is 0 Å². The number of hydrogen-bond donors (Lipinski definition) is 1. The van der Waals surface area contributed by atoms with E-state index in [1.165, 1.54) is 31.3 Å². The molecule has 0 heterocycles. The Morgan fingerprint density at radius 2 is 1.67 bits per heavy atom. The van der Waals surface area contributed by atoms with Crippen LogP contribution in [0.1, 0.15) is 59.8 Å². The molecule has 0 aromatic carbocycles. The molecule has 0 radical (unpaired) electrons. The normalized spacial score (nSPS) is 13.1. The molecule has 1 nitrogen and oxygen atoms in total. The molecule has 1 N–H and O–H groups in total. The summed E-state index contributed by atoms with van der Waals surface area (Å²) in [6.07, 6.45) is 6.42. The molecule has 0 aliphatic carbocycles. The largest absolute Gasteiger partial charge is 0.314 e. The maximum Gasteiger partial charge on any atom is 0.0132 e. The summed E-state index contributed by atoms with van der Waals surface area (Å²) < 4.78 is 0. The minimum atomic E-state index is 0.646. The summed E-state index contributed by atoms with van der Waals surface area (Å²) in [6, 6.07) is 0.646. The van der Waals surface area contributed by atoms with Crippen molar-refractivity contribution in [1.82, 2.24) is 5.32 Å². The highest BCUT2D eigenvalue weighted by atomic mass is 14.9. The lowest BCUT2D eigenvalue weighted by atomic mass is 9.87. The summed E-state index contributed by atoms with van der Waals surface area (Å²) in [5, 5.41) is 3.62. The summed E-state index contributed by atoms with van der Waals surface area (Å²) in [7, 11) is 0. The standard InChI is InChI=1S/C14H29N/c1-6-9-13(10-7-2)14(15-8-3)11-12(4)5/h13-15H,4,6-11H2,1-3,5H3. The van der Waals surface area contributed by atoms with E-state index < -0.39 is 0 Å². The van der Waals surface area contributed by atoms with Crippen LogP contribution in [0.25, 0.3) is 0 Å². The first-order valence-electron chi connectivity index (χ1n) is 6.53. The Hall–Kier alpha value is -0.300. The van der Waals surface area contributed by atoms with Gasteiger partial charge < -0.3 is 5.32 Å². The molecule has 0 bridgehead atoms. The summed E-state index contributed by atoms with van der Waals surface area (Å²) in [6.45, 7) is 14.0. The van der Waals surface area contributed by atoms with Crippen LogP contribution in [0.3, 0.4) is 0 Å². The smallest absolute Gasteiger partial charge is 0.0132 e. The fourth-order valence-electron chi connectivity index (χ4n) is 2.33. The van der Waals surface area contributed by atoms with Crippen molar-refractivity contribution >= 4 is 0 Å². The predicted octanol–water partition coefficient (Wildman–Crippen LogP) is 4.15. The minimum absolute atomic E-state index is 0.646. The van der Waals surface area contributed by atoms with Gasteiger partial charge in [0.05, 0.1) is 0 Å². The number of nitrogens with one attached hydrogen (secondary N) is 1. The average Bonchev–Trinajstić information content (AvgIpc) is 2.16. The van der Waals surface area contributed by atoms with E-state index in [-0.39, 0.29) is 0 Å². The molecule has 0 saturated heterocycles. The number of rotatable bonds is 9. The van der Waals surface area contributed by atoms with Crippen molar-refractivity contribution in [2.24, 2.45) is 5.92 Å². The Labute approximate surface area is 96.3 Å². The van der Waals surface area contributed by atoms with Crippen molar-refractivity contribution in [3.05, 3.63) is 12.2 Å². The lowest BCUT2D eigenvalue weighted by Gasteiger charge is -2.27. The van der Waals surface area contributed by atoms with Crippen LogP contribution < -0.4 is 5.32 Å². The zero-order valence-electron chi connectivity index (χ0n) is 11.1. The van der Waals surface area contributed by atoms with Gasteiger partial charge in [0.1, 0.15) is 0 Å². The van der Waals surface area contributed by atoms with Crippen LogP contribution >= 0.6 is 0 Å². The SMILES string of the molecule is C=C(C)CC(NCC)C(CCC)CCC. The molecule has 0 fully saturated rings. The molecule has 0 aromatic rings. The van der Waals surface area contributed by atoms with Gasteiger partial charge in [-0.1, -0.05) is 39.2 Å². The Kier molecular flexibility index (Phi) is 8.79. The molecule has 90 valence electrons. The van der Waals surface area contributed by atoms with Gasteiger partial charge in [-0.25, -0.2) is 0 Å². The molecule has 1 atom stereocenters. The molecule has 0 saturated carbocycles. The lowest BCUT2D eigenvalue weighted by Crippen LogP contribution is -2.36. The number of hydrogen-bond acceptors (Lipinski definition) is 1. The second kappa shape index (κ2) is 8.96. The molecular formula is C14H29N. The van der Waals surface area contributed by atoms with Crippen molar-refractivity contribution in [3.63, 3.8) is 0 Å². The van der Waals surface area contributed by atoms with Crippen molar-refractivity contribution in [2.45, 2.75) is 65.8 Å². The molecule has 0 amide bonds. The zero-order chi connectivity index (χ0) is 11.7. The third-order valence-corrected chi connectivity index (χ3v) is 2.92. The molecule has 15 heavy (non-hydrogen) atoms. The van der Waals surface area contributed by atoms with Crippen LogP contribution in [0.4, 0.5) is 0 Å². The molecular weight excluding hydrogens is 182 g/mol. The quantitative estimate of drug-likeness (QED) is 0.565. The second-order valence-corrected chi connectivity index (χ2v) is 4.66. The molecule has 0 rings (SSSR count). The highest BCUT2D eigenvalue weighted by Crippen LogP contribution is 2.22. The van der Waals surface area contributed by atoms with E-state index in [9.17, 15) is 0 Å². The van der Waals surface area contributed by atoms with Crippen LogP contribution in [-0.4, -0.2) is 12.6 Å². The highest BCUT2D eigenvalue weighted by Gasteiger charge is 2.18. The summed E-state index contributed by atoms with van der Waals surface area (Å²) in [4.78, 5) is 0. The lowest BCUT2D eigenvalue weighted by molar-refractivity contribution is 0.312. The summed E-state index contributed by atoms with van der Waals surface area (Å²) in [5.74, 6) is 0.830. The monoisotopic (exact) mass is 211 g/mol. The van der Waals surface area contributed by atoms with E-state index in [2.05, 4.69) is 39.6 Å². The van der Waals surface area contributed by atoms with Gasteiger partial charge in [-0.15, -0.1) is 6.58 Å². The molecule has 0 aromatic heterocycles. The van der Waals surface area contributed by atoms with Crippen molar-refractivity contribution in [3.8, 4) is 0 Å². The highest BCUT2D eigenvalue weighted by molar-refractivity contribution is 4.94. The first kappa shape index (κ1) is 14.7. The van der Waals surface area contributed by atoms with Crippen LogP contribution in [0.15, 0.2) is 12.2 Å². The Balaban J connectivity index is 4.28. The molecule has 1 unspecified atom stereocenters. The first-order chi connectivity index (χ1) is 7.15. The van der Waals surface area contributed by atoms with E-state index in [0.29, 0.717) is 6.04 Å². The van der Waals surface area contributed by atoms with Crippen LogP contribution in [-0.2, 0) is 0 Å². The molecule has 0 aliphatic rings. The van der Waals surface area contributed by atoms with Crippen LogP contribution in [0.2, 0.25) is 0 Å². The van der Waals surface area contributed by atoms with Crippen molar-refractivity contribution in [1.29, 1.82) is 0 Å². The molecule has 0 spiro atoms. The maximum atomic E-state index is 4.04. The Bertz CT molecular complexity index is 157. The van der Waals surface area contributed by atoms with Gasteiger partial charge in [-0.3, -0.25) is 0 Å². The van der Waals surface area contributed by atoms with Crippen molar-refractivity contribution < 1.29 is 0 Å². The molecule has 0 aliphatic heterocycles. The molecule has 1 heteroatoms. The average molecular weight is 211 g/mol. The van der Waals surface area contributed by atoms with E-state index in [1.54, 1.807) is 0 Å². The van der Waals surface area contributed by atoms with Gasteiger partial charge in [-0.05, 0) is 38.6 Å². The summed E-state index contributed by atoms with van der Waals surface area (Å²) in [5.41, 5.74) is 1.30. The van der Waals surface area contributed by atoms with Gasteiger partial charge in [0.25, 0.3) is 0 Å². The third-order valence-electron chi connectivity index (χ3n) is 2.92. The van der Waals surface area contributed by atoms with Gasteiger partial charge in [0, 0.05) is 6.04 Å². The fraction of sp³-hybridized carbons (Fsp3) is 0.857. The van der Waals surface area contributed by atoms with E-state index in [0.717, 1.165) is 18.9 Å². The maximum absolute atomic E-state index is 4.04. The first-order valence-corrected chi connectivity index (χ1v) is 6.53. The second-order valence-electron chi connectivity index (χ2n) is 4.66. The third kappa shape index (κ3) is 6.72. The fourth-order valence-corrected chi connectivity index (χ4v) is 2.33. The van der Waals surface area contributed by atoms with Crippen LogP contribution in [0.5, 0.6) is 0 Å². The van der Waals surface area contributed by atoms with Gasteiger partial charge >= 0.3 is 0 Å². The van der Waals surface area contributed by atoms with Gasteiger partial charge in [0.15, 0.2) is 0 Å². The van der Waals surface area contributed by atoms with E-state index >= 15 is 0 Å². The zero-order valence-corrected chi connectivity index (χ0v) is 11.1. The topological polar surface area (TPSA) is 12.0 Å². The van der Waals surface area contributed by atoms with E-state index in [1.807, 2.05) is 0 Å². The Morgan fingerprint density at radius 1 is 1.13 bits per heavy atom. The van der Waals surface area contributed by atoms with Crippen LogP contribution in [0, 0.1) is 5.92 Å². The minimum Gasteiger partial charge on any atom is -0.314 e. The van der Waals surface area contributed by atoms with Crippen molar-refractivity contribution in [2.75, 3.05) is 6.54 Å². The Morgan fingerprint density at radius 3 is 2.00 bits per heavy atom. The van der Waals surface area contributed by atoms with E-state index in [4.69, 9.17) is 0 Å². The summed E-state index contributed by atoms with van der Waals surface area (Å²) >= 11 is 0.